The predicted octanol–water partition coefficient (Wildman–Crippen LogP) is 3.12. The lowest BCUT2D eigenvalue weighted by Crippen LogP contribution is -1.95. The molecule has 20 heavy (non-hydrogen) atoms. The van der Waals surface area contributed by atoms with Crippen molar-refractivity contribution in [3.63, 3.8) is 0 Å². The summed E-state index contributed by atoms with van der Waals surface area (Å²) >= 11 is 0. The van der Waals surface area contributed by atoms with Crippen molar-refractivity contribution in [2.24, 2.45) is 0 Å². The van der Waals surface area contributed by atoms with Crippen LogP contribution in [0.4, 0.5) is 15.8 Å². The van der Waals surface area contributed by atoms with E-state index in [2.05, 4.69) is 4.98 Å². The second-order valence-electron chi connectivity index (χ2n) is 4.16. The van der Waals surface area contributed by atoms with Crippen LogP contribution in [0.25, 0.3) is 22.6 Å². The molecule has 100 valence electrons. The third kappa shape index (κ3) is 1.95. The summed E-state index contributed by atoms with van der Waals surface area (Å²) in [6, 6.07) is 8.17. The molecule has 2 N–H and O–H groups in total. The molecule has 0 fully saturated rings. The number of anilines is 1. The van der Waals surface area contributed by atoms with Crippen LogP contribution in [0.15, 0.2) is 40.8 Å². The van der Waals surface area contributed by atoms with Crippen molar-refractivity contribution < 1.29 is 13.7 Å². The maximum Gasteiger partial charge on any atom is 0.292 e. The number of nitro groups is 1. The van der Waals surface area contributed by atoms with E-state index in [-0.39, 0.29) is 17.3 Å². The number of benzene rings is 2. The zero-order valence-corrected chi connectivity index (χ0v) is 10.0. The Hall–Kier alpha value is -2.96. The van der Waals surface area contributed by atoms with E-state index < -0.39 is 10.7 Å². The van der Waals surface area contributed by atoms with Crippen molar-refractivity contribution in [2.45, 2.75) is 0 Å². The number of oxazole rings is 1. The molecule has 0 aliphatic carbocycles. The monoisotopic (exact) mass is 273 g/mol. The van der Waals surface area contributed by atoms with Gasteiger partial charge in [0.2, 0.25) is 5.89 Å². The second kappa shape index (κ2) is 4.30. The molecule has 0 amide bonds. The molecule has 0 atom stereocenters. The van der Waals surface area contributed by atoms with E-state index in [9.17, 15) is 14.5 Å². The summed E-state index contributed by atoms with van der Waals surface area (Å²) in [5.41, 5.74) is 6.51. The molecule has 3 rings (SSSR count). The van der Waals surface area contributed by atoms with Crippen LogP contribution in [0.1, 0.15) is 0 Å². The van der Waals surface area contributed by atoms with Gasteiger partial charge in [-0.3, -0.25) is 10.1 Å². The molecule has 3 aromatic rings. The van der Waals surface area contributed by atoms with Gasteiger partial charge < -0.3 is 10.2 Å². The Morgan fingerprint density at radius 3 is 2.80 bits per heavy atom. The van der Waals surface area contributed by atoms with Gasteiger partial charge >= 0.3 is 0 Å². The largest absolute Gasteiger partial charge is 0.436 e. The topological polar surface area (TPSA) is 95.2 Å². The summed E-state index contributed by atoms with van der Waals surface area (Å²) in [6.07, 6.45) is 0. The highest BCUT2D eigenvalue weighted by Gasteiger charge is 2.16. The minimum Gasteiger partial charge on any atom is -0.436 e. The molecular formula is C13H8FN3O3. The molecule has 1 heterocycles. The first-order valence-electron chi connectivity index (χ1n) is 5.65. The van der Waals surface area contributed by atoms with E-state index in [1.54, 1.807) is 6.07 Å². The van der Waals surface area contributed by atoms with Gasteiger partial charge in [0.15, 0.2) is 5.58 Å². The molecular weight excluding hydrogens is 265 g/mol. The summed E-state index contributed by atoms with van der Waals surface area (Å²) in [5.74, 6) is -0.255. The summed E-state index contributed by atoms with van der Waals surface area (Å²) in [7, 11) is 0. The van der Waals surface area contributed by atoms with E-state index in [0.717, 1.165) is 0 Å². The average molecular weight is 273 g/mol. The molecule has 7 heteroatoms. The Bertz CT molecular complexity index is 829. The fourth-order valence-corrected chi connectivity index (χ4v) is 1.86. The molecule has 0 aliphatic heterocycles. The Kier molecular flexibility index (Phi) is 2.60. The third-order valence-electron chi connectivity index (χ3n) is 2.82. The molecule has 6 nitrogen and oxygen atoms in total. The standard InChI is InChI=1S/C13H8FN3O3/c14-8-2-4-12-10(6-8)16-13(20-12)7-1-3-9(15)11(5-7)17(18)19/h1-6H,15H2. The normalized spacial score (nSPS) is 10.8. The molecule has 0 unspecified atom stereocenters. The lowest BCUT2D eigenvalue weighted by atomic mass is 10.2. The van der Waals surface area contributed by atoms with Gasteiger partial charge in [-0.05, 0) is 24.3 Å². The van der Waals surface area contributed by atoms with Crippen LogP contribution in [0, 0.1) is 15.9 Å². The molecule has 0 radical (unpaired) electrons. The van der Waals surface area contributed by atoms with Gasteiger partial charge in [0, 0.05) is 17.7 Å². The predicted molar refractivity (Wildman–Crippen MR) is 70.5 cm³/mol. The van der Waals surface area contributed by atoms with Crippen LogP contribution in [-0.4, -0.2) is 9.91 Å². The van der Waals surface area contributed by atoms with Crippen molar-refractivity contribution in [3.05, 3.63) is 52.3 Å². The van der Waals surface area contributed by atoms with Gasteiger partial charge in [0.25, 0.3) is 5.69 Å². The average Bonchev–Trinajstić information content (AvgIpc) is 2.81. The number of nitro benzene ring substituents is 1. The van der Waals surface area contributed by atoms with E-state index >= 15 is 0 Å². The van der Waals surface area contributed by atoms with Crippen molar-refractivity contribution >= 4 is 22.5 Å². The van der Waals surface area contributed by atoms with Crippen LogP contribution < -0.4 is 5.73 Å². The summed E-state index contributed by atoms with van der Waals surface area (Å²) in [4.78, 5) is 14.4. The first kappa shape index (κ1) is 12.1. The number of nitrogens with two attached hydrogens (primary N) is 1. The lowest BCUT2D eigenvalue weighted by molar-refractivity contribution is -0.383. The molecule has 1 aromatic heterocycles. The van der Waals surface area contributed by atoms with E-state index in [4.69, 9.17) is 10.2 Å². The molecule has 0 bridgehead atoms. The third-order valence-corrected chi connectivity index (χ3v) is 2.82. The highest BCUT2D eigenvalue weighted by molar-refractivity contribution is 5.77. The quantitative estimate of drug-likeness (QED) is 0.439. The number of aromatic nitrogens is 1. The Morgan fingerprint density at radius 1 is 1.25 bits per heavy atom. The number of halogens is 1. The smallest absolute Gasteiger partial charge is 0.292 e. The highest BCUT2D eigenvalue weighted by atomic mass is 19.1. The fourth-order valence-electron chi connectivity index (χ4n) is 1.86. The fraction of sp³-hybridized carbons (Fsp3) is 0. The van der Waals surface area contributed by atoms with E-state index in [0.29, 0.717) is 16.7 Å². The number of nitrogens with zero attached hydrogens (tertiary/aromatic N) is 2. The minimum absolute atomic E-state index is 0.0564. The van der Waals surface area contributed by atoms with Gasteiger partial charge in [0.1, 0.15) is 17.0 Å². The molecule has 0 spiro atoms. The number of hydrogen-bond donors (Lipinski definition) is 1. The Balaban J connectivity index is 2.15. The minimum atomic E-state index is -0.582. The zero-order valence-electron chi connectivity index (χ0n) is 10.0. The highest BCUT2D eigenvalue weighted by Crippen LogP contribution is 2.30. The summed E-state index contributed by atoms with van der Waals surface area (Å²) in [6.45, 7) is 0. The molecule has 0 saturated carbocycles. The Labute approximate surface area is 111 Å². The first-order chi connectivity index (χ1) is 9.54. The molecule has 2 aromatic carbocycles. The second-order valence-corrected chi connectivity index (χ2v) is 4.16. The van der Waals surface area contributed by atoms with Crippen molar-refractivity contribution in [1.82, 2.24) is 4.98 Å². The number of hydrogen-bond acceptors (Lipinski definition) is 5. The van der Waals surface area contributed by atoms with Gasteiger partial charge in [-0.2, -0.15) is 0 Å². The number of fused-ring (bicyclic) bond motifs is 1. The van der Waals surface area contributed by atoms with Crippen molar-refractivity contribution in [1.29, 1.82) is 0 Å². The first-order valence-corrected chi connectivity index (χ1v) is 5.65. The van der Waals surface area contributed by atoms with Crippen LogP contribution >= 0.6 is 0 Å². The maximum atomic E-state index is 13.1. The molecule has 0 aliphatic rings. The van der Waals surface area contributed by atoms with Crippen molar-refractivity contribution in [2.75, 3.05) is 5.73 Å². The van der Waals surface area contributed by atoms with E-state index in [1.165, 1.54) is 30.3 Å². The van der Waals surface area contributed by atoms with Gasteiger partial charge in [-0.1, -0.05) is 0 Å². The zero-order chi connectivity index (χ0) is 14.3. The van der Waals surface area contributed by atoms with Crippen LogP contribution in [0.5, 0.6) is 0 Å². The summed E-state index contributed by atoms with van der Waals surface area (Å²) in [5, 5.41) is 10.8. The van der Waals surface area contributed by atoms with Gasteiger partial charge in [-0.15, -0.1) is 0 Å². The van der Waals surface area contributed by atoms with E-state index in [1.807, 2.05) is 0 Å². The summed E-state index contributed by atoms with van der Waals surface area (Å²) < 4.78 is 18.5. The van der Waals surface area contributed by atoms with Gasteiger partial charge in [0.05, 0.1) is 4.92 Å². The van der Waals surface area contributed by atoms with Crippen LogP contribution in [0.3, 0.4) is 0 Å². The number of nitrogen functional groups attached to an aromatic ring is 1. The number of rotatable bonds is 2. The lowest BCUT2D eigenvalue weighted by Gasteiger charge is -1.99. The van der Waals surface area contributed by atoms with Crippen LogP contribution in [0.2, 0.25) is 0 Å². The Morgan fingerprint density at radius 2 is 2.05 bits per heavy atom. The molecule has 0 saturated heterocycles. The SMILES string of the molecule is Nc1ccc(-c2nc3cc(F)ccc3o2)cc1[N+](=O)[O-]. The van der Waals surface area contributed by atoms with Crippen molar-refractivity contribution in [3.8, 4) is 11.5 Å². The maximum absolute atomic E-state index is 13.1. The van der Waals surface area contributed by atoms with Gasteiger partial charge in [-0.25, -0.2) is 9.37 Å². The van der Waals surface area contributed by atoms with Crippen LogP contribution in [-0.2, 0) is 0 Å².